The number of carbonyl (C=O) groups excluding carboxylic acids is 1. The van der Waals surface area contributed by atoms with E-state index < -0.39 is 0 Å². The van der Waals surface area contributed by atoms with Gasteiger partial charge in [-0.1, -0.05) is 12.1 Å². The van der Waals surface area contributed by atoms with Gasteiger partial charge in [0, 0.05) is 5.69 Å². The summed E-state index contributed by atoms with van der Waals surface area (Å²) in [5, 5.41) is 7.97. The van der Waals surface area contributed by atoms with Crippen LogP contribution >= 0.6 is 0 Å². The van der Waals surface area contributed by atoms with Crippen LogP contribution in [0.1, 0.15) is 29.9 Å². The molecule has 7 nitrogen and oxygen atoms in total. The van der Waals surface area contributed by atoms with Gasteiger partial charge in [0.15, 0.2) is 0 Å². The Morgan fingerprint density at radius 2 is 2.00 bits per heavy atom. The van der Waals surface area contributed by atoms with Crippen LogP contribution in [0.3, 0.4) is 0 Å². The van der Waals surface area contributed by atoms with Crippen LogP contribution in [-0.2, 0) is 11.2 Å². The fourth-order valence-electron chi connectivity index (χ4n) is 2.22. The molecule has 1 aromatic carbocycles. The molecule has 23 heavy (non-hydrogen) atoms. The Labute approximate surface area is 132 Å². The van der Waals surface area contributed by atoms with Gasteiger partial charge < -0.3 is 14.6 Å². The molecule has 0 aliphatic heterocycles. The summed E-state index contributed by atoms with van der Waals surface area (Å²) >= 11 is 0. The van der Waals surface area contributed by atoms with E-state index in [-0.39, 0.29) is 5.97 Å². The van der Waals surface area contributed by atoms with Crippen molar-refractivity contribution in [2.24, 2.45) is 0 Å². The van der Waals surface area contributed by atoms with Gasteiger partial charge in [-0.3, -0.25) is 0 Å². The number of nitrogens with one attached hydrogen (secondary N) is 1. The lowest BCUT2D eigenvalue weighted by atomic mass is 10.2. The Morgan fingerprint density at radius 1 is 1.22 bits per heavy atom. The van der Waals surface area contributed by atoms with Crippen molar-refractivity contribution < 1.29 is 14.1 Å². The van der Waals surface area contributed by atoms with Crippen molar-refractivity contribution in [2.75, 3.05) is 11.9 Å². The minimum absolute atomic E-state index is 0.337. The second-order valence-corrected chi connectivity index (χ2v) is 4.81. The molecule has 0 atom stereocenters. The molecular formula is C16H16N4O3. The molecule has 3 rings (SSSR count). The summed E-state index contributed by atoms with van der Waals surface area (Å²) in [5.74, 6) is 0.285. The number of aryl methyl sites for hydroxylation is 1. The fraction of sp³-hybridized carbons (Fsp3) is 0.250. The second kappa shape index (κ2) is 6.43. The van der Waals surface area contributed by atoms with E-state index in [4.69, 9.17) is 9.26 Å². The van der Waals surface area contributed by atoms with Crippen LogP contribution in [0.25, 0.3) is 11.1 Å². The van der Waals surface area contributed by atoms with Crippen LogP contribution in [0.5, 0.6) is 0 Å². The van der Waals surface area contributed by atoms with Crippen LogP contribution in [0.4, 0.5) is 11.5 Å². The van der Waals surface area contributed by atoms with E-state index in [0.29, 0.717) is 23.7 Å². The third kappa shape index (κ3) is 2.98. The third-order valence-corrected chi connectivity index (χ3v) is 3.34. The summed E-state index contributed by atoms with van der Waals surface area (Å²) in [6.45, 7) is 4.12. The molecule has 0 unspecified atom stereocenters. The van der Waals surface area contributed by atoms with E-state index in [1.807, 2.05) is 6.92 Å². The lowest BCUT2D eigenvalue weighted by molar-refractivity contribution is 0.0526. The van der Waals surface area contributed by atoms with Gasteiger partial charge in [0.1, 0.15) is 17.5 Å². The van der Waals surface area contributed by atoms with Crippen molar-refractivity contribution in [3.05, 3.63) is 41.9 Å². The normalized spacial score (nSPS) is 10.7. The smallest absolute Gasteiger partial charge is 0.338 e. The highest BCUT2D eigenvalue weighted by atomic mass is 16.5. The van der Waals surface area contributed by atoms with Crippen molar-refractivity contribution in [1.82, 2.24) is 15.1 Å². The van der Waals surface area contributed by atoms with Crippen molar-refractivity contribution in [1.29, 1.82) is 0 Å². The zero-order valence-corrected chi connectivity index (χ0v) is 12.9. The van der Waals surface area contributed by atoms with Crippen molar-refractivity contribution in [2.45, 2.75) is 20.3 Å². The fourth-order valence-corrected chi connectivity index (χ4v) is 2.22. The number of nitrogens with zero attached hydrogens (tertiary/aromatic N) is 3. The average molecular weight is 312 g/mol. The Morgan fingerprint density at radius 3 is 2.70 bits per heavy atom. The Kier molecular flexibility index (Phi) is 4.18. The number of aromatic nitrogens is 3. The van der Waals surface area contributed by atoms with Crippen molar-refractivity contribution >= 4 is 28.6 Å². The largest absolute Gasteiger partial charge is 0.462 e. The van der Waals surface area contributed by atoms with Crippen molar-refractivity contribution in [3.63, 3.8) is 0 Å². The van der Waals surface area contributed by atoms with Gasteiger partial charge in [0.25, 0.3) is 5.71 Å². The molecule has 118 valence electrons. The number of anilines is 2. The predicted molar refractivity (Wildman–Crippen MR) is 84.7 cm³/mol. The lowest BCUT2D eigenvalue weighted by Gasteiger charge is -2.07. The van der Waals surface area contributed by atoms with E-state index in [1.165, 1.54) is 6.33 Å². The number of benzene rings is 1. The van der Waals surface area contributed by atoms with Crippen LogP contribution in [-0.4, -0.2) is 27.7 Å². The van der Waals surface area contributed by atoms with Gasteiger partial charge in [-0.05, 0) is 37.6 Å². The van der Waals surface area contributed by atoms with Gasteiger partial charge in [-0.15, -0.1) is 0 Å². The summed E-state index contributed by atoms with van der Waals surface area (Å²) in [5.41, 5.74) is 2.54. The molecule has 0 amide bonds. The molecule has 0 spiro atoms. The van der Waals surface area contributed by atoms with Gasteiger partial charge in [0.2, 0.25) is 0 Å². The van der Waals surface area contributed by atoms with E-state index in [2.05, 4.69) is 20.4 Å². The molecule has 0 saturated heterocycles. The van der Waals surface area contributed by atoms with Gasteiger partial charge in [-0.25, -0.2) is 9.78 Å². The molecule has 0 aliphatic rings. The first kappa shape index (κ1) is 15.0. The summed E-state index contributed by atoms with van der Waals surface area (Å²) in [7, 11) is 0. The van der Waals surface area contributed by atoms with Gasteiger partial charge in [-0.2, -0.15) is 4.98 Å². The van der Waals surface area contributed by atoms with E-state index in [9.17, 15) is 4.79 Å². The van der Waals surface area contributed by atoms with E-state index in [0.717, 1.165) is 23.2 Å². The number of ether oxygens (including phenoxy) is 1. The highest BCUT2D eigenvalue weighted by Gasteiger charge is 2.14. The zero-order chi connectivity index (χ0) is 16.2. The quantitative estimate of drug-likeness (QED) is 0.724. The number of carbonyl (C=O) groups is 1. The molecule has 0 bridgehead atoms. The van der Waals surface area contributed by atoms with E-state index >= 15 is 0 Å². The third-order valence-electron chi connectivity index (χ3n) is 3.34. The number of rotatable bonds is 5. The summed E-state index contributed by atoms with van der Waals surface area (Å²) in [4.78, 5) is 20.0. The van der Waals surface area contributed by atoms with Gasteiger partial charge >= 0.3 is 5.97 Å². The minimum Gasteiger partial charge on any atom is -0.462 e. The number of fused-ring (bicyclic) bond motifs is 1. The van der Waals surface area contributed by atoms with Crippen LogP contribution in [0.2, 0.25) is 0 Å². The first-order valence-electron chi connectivity index (χ1n) is 7.36. The number of esters is 1. The number of hydrogen-bond donors (Lipinski definition) is 1. The SMILES string of the molecule is CCOC(=O)c1ccc(Nc2ncnc3onc(CC)c23)cc1. The molecule has 7 heteroatoms. The van der Waals surface area contributed by atoms with Crippen LogP contribution in [0, 0.1) is 0 Å². The average Bonchev–Trinajstić information content (AvgIpc) is 3.00. The van der Waals surface area contributed by atoms with Crippen molar-refractivity contribution in [3.8, 4) is 0 Å². The maximum absolute atomic E-state index is 11.7. The monoisotopic (exact) mass is 312 g/mol. The Balaban J connectivity index is 1.87. The molecule has 0 saturated carbocycles. The maximum atomic E-state index is 11.7. The predicted octanol–water partition coefficient (Wildman–Crippen LogP) is 3.10. The molecule has 3 aromatic rings. The first-order valence-corrected chi connectivity index (χ1v) is 7.36. The standard InChI is InChI=1S/C16H16N4O3/c1-3-12-13-14(17-9-18-15(13)23-20-12)19-11-7-5-10(6-8-11)16(21)22-4-2/h5-9H,3-4H2,1-2H3,(H,17,18,19). The summed E-state index contributed by atoms with van der Waals surface area (Å²) in [6, 6.07) is 6.98. The first-order chi connectivity index (χ1) is 11.2. The molecule has 2 heterocycles. The second-order valence-electron chi connectivity index (χ2n) is 4.81. The highest BCUT2D eigenvalue weighted by Crippen LogP contribution is 2.26. The number of hydrogen-bond acceptors (Lipinski definition) is 7. The minimum atomic E-state index is -0.337. The summed E-state index contributed by atoms with van der Waals surface area (Å²) < 4.78 is 10.2. The molecule has 1 N–H and O–H groups in total. The Hall–Kier alpha value is -2.96. The molecule has 0 fully saturated rings. The maximum Gasteiger partial charge on any atom is 0.338 e. The highest BCUT2D eigenvalue weighted by molar-refractivity contribution is 5.91. The van der Waals surface area contributed by atoms with E-state index in [1.54, 1.807) is 31.2 Å². The molecule has 0 aliphatic carbocycles. The molecule has 0 radical (unpaired) electrons. The van der Waals surface area contributed by atoms with Gasteiger partial charge in [0.05, 0.1) is 17.9 Å². The Bertz CT molecular complexity index is 827. The molecular weight excluding hydrogens is 296 g/mol. The molecule has 2 aromatic heterocycles. The van der Waals surface area contributed by atoms with Crippen LogP contribution < -0.4 is 5.32 Å². The lowest BCUT2D eigenvalue weighted by Crippen LogP contribution is -2.04. The zero-order valence-electron chi connectivity index (χ0n) is 12.9. The topological polar surface area (TPSA) is 90.1 Å². The summed E-state index contributed by atoms with van der Waals surface area (Å²) in [6.07, 6.45) is 2.14. The van der Waals surface area contributed by atoms with Crippen LogP contribution in [0.15, 0.2) is 35.1 Å².